The summed E-state index contributed by atoms with van der Waals surface area (Å²) in [6.07, 6.45) is -3.49. The van der Waals surface area contributed by atoms with Crippen LogP contribution in [0.4, 0.5) is 24.9 Å². The van der Waals surface area contributed by atoms with Crippen LogP contribution in [0.5, 0.6) is 0 Å². The van der Waals surface area contributed by atoms with Gasteiger partial charge in [-0.15, -0.1) is 12.4 Å². The van der Waals surface area contributed by atoms with E-state index >= 15 is 0 Å². The molecule has 0 aliphatic carbocycles. The Morgan fingerprint density at radius 1 is 1.40 bits per heavy atom. The van der Waals surface area contributed by atoms with Gasteiger partial charge in [-0.1, -0.05) is 6.92 Å². The van der Waals surface area contributed by atoms with Gasteiger partial charge >= 0.3 is 6.18 Å². The number of anilines is 2. The summed E-state index contributed by atoms with van der Waals surface area (Å²) < 4.78 is 38.5. The van der Waals surface area contributed by atoms with Crippen molar-refractivity contribution in [2.24, 2.45) is 0 Å². The second-order valence-electron chi connectivity index (χ2n) is 4.44. The Hall–Kier alpha value is -1.28. The SMILES string of the molecule is CCc1nc(NC2CCNC2)nc(N)c1C(F)(F)F.Cl. The predicted octanol–water partition coefficient (Wildman–Crippen LogP) is 1.84. The molecule has 5 nitrogen and oxygen atoms in total. The summed E-state index contributed by atoms with van der Waals surface area (Å²) in [6.45, 7) is 3.22. The molecule has 0 bridgehead atoms. The molecule has 1 aromatic rings. The first-order chi connectivity index (χ1) is 8.91. The molecule has 0 spiro atoms. The van der Waals surface area contributed by atoms with Gasteiger partial charge in [0.1, 0.15) is 11.4 Å². The molecule has 1 atom stereocenters. The summed E-state index contributed by atoms with van der Waals surface area (Å²) in [5.74, 6) is -0.358. The fourth-order valence-electron chi connectivity index (χ4n) is 2.12. The highest BCUT2D eigenvalue weighted by Crippen LogP contribution is 2.35. The second kappa shape index (κ2) is 6.45. The van der Waals surface area contributed by atoms with Crippen LogP contribution < -0.4 is 16.4 Å². The molecule has 0 saturated carbocycles. The zero-order chi connectivity index (χ0) is 14.0. The Kier molecular flexibility index (Phi) is 5.41. The van der Waals surface area contributed by atoms with Crippen LogP contribution in [0.1, 0.15) is 24.6 Å². The second-order valence-corrected chi connectivity index (χ2v) is 4.44. The normalized spacial score (nSPS) is 18.7. The number of hydrogen-bond donors (Lipinski definition) is 3. The number of alkyl halides is 3. The van der Waals surface area contributed by atoms with Gasteiger partial charge < -0.3 is 16.4 Å². The lowest BCUT2D eigenvalue weighted by Gasteiger charge is -2.16. The van der Waals surface area contributed by atoms with Gasteiger partial charge in [-0.2, -0.15) is 18.2 Å². The summed E-state index contributed by atoms with van der Waals surface area (Å²) in [7, 11) is 0. The van der Waals surface area contributed by atoms with Gasteiger partial charge in [0.15, 0.2) is 0 Å². The van der Waals surface area contributed by atoms with Crippen molar-refractivity contribution in [1.82, 2.24) is 15.3 Å². The first kappa shape index (κ1) is 16.8. The molecule has 1 saturated heterocycles. The van der Waals surface area contributed by atoms with Crippen LogP contribution in [0.25, 0.3) is 0 Å². The van der Waals surface area contributed by atoms with Crippen LogP contribution in [0.2, 0.25) is 0 Å². The standard InChI is InChI=1S/C11H16F3N5.ClH/c1-2-7-8(11(12,13)14)9(15)19-10(18-7)17-6-3-4-16-5-6;/h6,16H,2-5H2,1H3,(H3,15,17,18,19);1H. The van der Waals surface area contributed by atoms with E-state index < -0.39 is 17.6 Å². The number of halogens is 4. The van der Waals surface area contributed by atoms with Gasteiger partial charge in [0, 0.05) is 12.6 Å². The Morgan fingerprint density at radius 2 is 2.10 bits per heavy atom. The molecule has 114 valence electrons. The number of hydrogen-bond acceptors (Lipinski definition) is 5. The summed E-state index contributed by atoms with van der Waals surface area (Å²) in [6, 6.07) is 0.126. The van der Waals surface area contributed by atoms with Gasteiger partial charge in [-0.05, 0) is 19.4 Å². The number of nitrogens with one attached hydrogen (secondary N) is 2. The van der Waals surface area contributed by atoms with Crippen molar-refractivity contribution in [2.45, 2.75) is 32.0 Å². The average molecular weight is 312 g/mol. The number of nitrogens with two attached hydrogens (primary N) is 1. The highest BCUT2D eigenvalue weighted by Gasteiger charge is 2.37. The molecule has 1 aromatic heterocycles. The molecule has 1 aliphatic heterocycles. The van der Waals surface area contributed by atoms with Crippen LogP contribution >= 0.6 is 12.4 Å². The van der Waals surface area contributed by atoms with Gasteiger partial charge in [0.25, 0.3) is 0 Å². The predicted molar refractivity (Wildman–Crippen MR) is 73.0 cm³/mol. The summed E-state index contributed by atoms with van der Waals surface area (Å²) in [4.78, 5) is 7.65. The maximum Gasteiger partial charge on any atom is 0.421 e. The Bertz CT molecular complexity index is 460. The van der Waals surface area contributed by atoms with Crippen LogP contribution in [-0.2, 0) is 12.6 Å². The Labute approximate surface area is 121 Å². The lowest BCUT2D eigenvalue weighted by atomic mass is 10.1. The number of nitrogens with zero attached hydrogens (tertiary/aromatic N) is 2. The zero-order valence-electron chi connectivity index (χ0n) is 10.9. The molecule has 1 aliphatic rings. The Balaban J connectivity index is 0.00000200. The van der Waals surface area contributed by atoms with Crippen molar-refractivity contribution < 1.29 is 13.2 Å². The van der Waals surface area contributed by atoms with Crippen molar-refractivity contribution in [2.75, 3.05) is 24.1 Å². The van der Waals surface area contributed by atoms with Crippen molar-refractivity contribution in [3.63, 3.8) is 0 Å². The molecule has 1 unspecified atom stereocenters. The summed E-state index contributed by atoms with van der Waals surface area (Å²) >= 11 is 0. The third kappa shape index (κ3) is 3.63. The smallest absolute Gasteiger partial charge is 0.383 e. The number of rotatable bonds is 3. The van der Waals surface area contributed by atoms with Crippen LogP contribution in [0.15, 0.2) is 0 Å². The van der Waals surface area contributed by atoms with E-state index in [1.165, 1.54) is 0 Å². The van der Waals surface area contributed by atoms with E-state index in [0.717, 1.165) is 19.5 Å². The average Bonchev–Trinajstić information content (AvgIpc) is 2.79. The molecule has 1 fully saturated rings. The van der Waals surface area contributed by atoms with E-state index in [1.54, 1.807) is 6.92 Å². The molecule has 0 aromatic carbocycles. The monoisotopic (exact) mass is 311 g/mol. The largest absolute Gasteiger partial charge is 0.421 e. The third-order valence-electron chi connectivity index (χ3n) is 3.02. The summed E-state index contributed by atoms with van der Waals surface area (Å²) in [5.41, 5.74) is 4.43. The molecular weight excluding hydrogens is 295 g/mol. The fourth-order valence-corrected chi connectivity index (χ4v) is 2.12. The van der Waals surface area contributed by atoms with E-state index in [4.69, 9.17) is 5.73 Å². The van der Waals surface area contributed by atoms with Crippen molar-refractivity contribution in [3.8, 4) is 0 Å². The van der Waals surface area contributed by atoms with Gasteiger partial charge in [-0.25, -0.2) is 4.98 Å². The molecule has 20 heavy (non-hydrogen) atoms. The molecular formula is C11H17ClF3N5. The lowest BCUT2D eigenvalue weighted by molar-refractivity contribution is -0.137. The zero-order valence-corrected chi connectivity index (χ0v) is 11.7. The fraction of sp³-hybridized carbons (Fsp3) is 0.636. The van der Waals surface area contributed by atoms with Crippen molar-refractivity contribution in [1.29, 1.82) is 0 Å². The number of nitrogen functional groups attached to an aromatic ring is 1. The molecule has 2 heterocycles. The molecule has 2 rings (SSSR count). The van der Waals surface area contributed by atoms with Gasteiger partial charge in [0.2, 0.25) is 5.95 Å². The highest BCUT2D eigenvalue weighted by molar-refractivity contribution is 5.85. The van der Waals surface area contributed by atoms with Crippen molar-refractivity contribution in [3.05, 3.63) is 11.3 Å². The maximum absolute atomic E-state index is 12.8. The van der Waals surface area contributed by atoms with E-state index in [0.29, 0.717) is 0 Å². The number of aromatic nitrogens is 2. The molecule has 0 radical (unpaired) electrons. The lowest BCUT2D eigenvalue weighted by Crippen LogP contribution is -2.25. The van der Waals surface area contributed by atoms with Gasteiger partial charge in [-0.3, -0.25) is 0 Å². The highest BCUT2D eigenvalue weighted by atomic mass is 35.5. The van der Waals surface area contributed by atoms with E-state index in [9.17, 15) is 13.2 Å². The minimum absolute atomic E-state index is 0. The van der Waals surface area contributed by atoms with E-state index in [-0.39, 0.29) is 36.5 Å². The van der Waals surface area contributed by atoms with Crippen LogP contribution in [0, 0.1) is 0 Å². The Morgan fingerprint density at radius 3 is 2.60 bits per heavy atom. The topological polar surface area (TPSA) is 75.9 Å². The first-order valence-corrected chi connectivity index (χ1v) is 6.12. The molecule has 9 heteroatoms. The van der Waals surface area contributed by atoms with E-state index in [2.05, 4.69) is 20.6 Å². The third-order valence-corrected chi connectivity index (χ3v) is 3.02. The van der Waals surface area contributed by atoms with E-state index in [1.807, 2.05) is 0 Å². The maximum atomic E-state index is 12.8. The molecule has 4 N–H and O–H groups in total. The molecule has 0 amide bonds. The number of aryl methyl sites for hydroxylation is 1. The van der Waals surface area contributed by atoms with Crippen LogP contribution in [-0.4, -0.2) is 29.1 Å². The minimum Gasteiger partial charge on any atom is -0.383 e. The minimum atomic E-state index is -4.52. The summed E-state index contributed by atoms with van der Waals surface area (Å²) in [5, 5.41) is 6.15. The quantitative estimate of drug-likeness (QED) is 0.794. The van der Waals surface area contributed by atoms with Gasteiger partial charge in [0.05, 0.1) is 5.69 Å². The first-order valence-electron chi connectivity index (χ1n) is 6.12. The van der Waals surface area contributed by atoms with Crippen LogP contribution in [0.3, 0.4) is 0 Å². The van der Waals surface area contributed by atoms with Crippen molar-refractivity contribution >= 4 is 24.2 Å².